The van der Waals surface area contributed by atoms with Gasteiger partial charge in [-0.2, -0.15) is 0 Å². The summed E-state index contributed by atoms with van der Waals surface area (Å²) in [4.78, 5) is 14.4. The lowest BCUT2D eigenvalue weighted by molar-refractivity contribution is 0.00765. The first-order chi connectivity index (χ1) is 8.70. The molecule has 1 aliphatic rings. The van der Waals surface area contributed by atoms with Crippen molar-refractivity contribution in [2.45, 2.75) is 25.9 Å². The van der Waals surface area contributed by atoms with Gasteiger partial charge in [-0.05, 0) is 54.0 Å². The summed E-state index contributed by atoms with van der Waals surface area (Å²) >= 11 is 3.38. The molecule has 4 heteroatoms. The second kappa shape index (κ2) is 6.34. The number of rotatable bonds is 3. The summed E-state index contributed by atoms with van der Waals surface area (Å²) in [6.45, 7) is 5.12. The molecule has 0 aromatic heterocycles. The SMILES string of the molecule is CCN1CCC[C@H](OC(=O)c2ccccc2Br)C1. The minimum atomic E-state index is -0.231. The van der Waals surface area contributed by atoms with Crippen molar-refractivity contribution in [2.75, 3.05) is 19.6 Å². The molecule has 98 valence electrons. The lowest BCUT2D eigenvalue weighted by atomic mass is 10.1. The highest BCUT2D eigenvalue weighted by molar-refractivity contribution is 9.10. The van der Waals surface area contributed by atoms with Gasteiger partial charge in [-0.1, -0.05) is 19.1 Å². The molecule has 2 rings (SSSR count). The van der Waals surface area contributed by atoms with Crippen molar-refractivity contribution in [1.29, 1.82) is 0 Å². The second-order valence-electron chi connectivity index (χ2n) is 4.54. The Kier molecular flexibility index (Phi) is 4.78. The van der Waals surface area contributed by atoms with E-state index in [0.717, 1.165) is 36.9 Å². The fourth-order valence-electron chi connectivity index (χ4n) is 2.24. The van der Waals surface area contributed by atoms with Crippen molar-refractivity contribution in [1.82, 2.24) is 4.90 Å². The quantitative estimate of drug-likeness (QED) is 0.803. The van der Waals surface area contributed by atoms with E-state index in [-0.39, 0.29) is 12.1 Å². The standard InChI is InChI=1S/C14H18BrNO2/c1-2-16-9-5-6-11(10-16)18-14(17)12-7-3-4-8-13(12)15/h3-4,7-8,11H,2,5-6,9-10H2,1H3/t11-/m0/s1. The van der Waals surface area contributed by atoms with E-state index >= 15 is 0 Å². The molecule has 0 aliphatic carbocycles. The third-order valence-electron chi connectivity index (χ3n) is 3.28. The molecule has 0 bridgehead atoms. The fourth-order valence-corrected chi connectivity index (χ4v) is 2.68. The van der Waals surface area contributed by atoms with Gasteiger partial charge in [0.1, 0.15) is 6.10 Å². The van der Waals surface area contributed by atoms with Crippen LogP contribution in [0, 0.1) is 0 Å². The number of ether oxygens (including phenoxy) is 1. The number of hydrogen-bond acceptors (Lipinski definition) is 3. The van der Waals surface area contributed by atoms with Crippen LogP contribution in [0.3, 0.4) is 0 Å². The number of benzene rings is 1. The minimum absolute atomic E-state index is 0.0262. The molecule has 0 unspecified atom stereocenters. The van der Waals surface area contributed by atoms with E-state index in [1.54, 1.807) is 6.07 Å². The highest BCUT2D eigenvalue weighted by Crippen LogP contribution is 2.20. The summed E-state index contributed by atoms with van der Waals surface area (Å²) < 4.78 is 6.37. The molecule has 1 heterocycles. The number of carbonyl (C=O) groups is 1. The maximum absolute atomic E-state index is 12.1. The van der Waals surface area contributed by atoms with Crippen molar-refractivity contribution in [3.63, 3.8) is 0 Å². The largest absolute Gasteiger partial charge is 0.457 e. The van der Waals surface area contributed by atoms with Crippen molar-refractivity contribution < 1.29 is 9.53 Å². The van der Waals surface area contributed by atoms with Gasteiger partial charge in [0.25, 0.3) is 0 Å². The zero-order valence-corrected chi connectivity index (χ0v) is 12.1. The van der Waals surface area contributed by atoms with Gasteiger partial charge >= 0.3 is 5.97 Å². The second-order valence-corrected chi connectivity index (χ2v) is 5.40. The first-order valence-electron chi connectivity index (χ1n) is 6.38. The van der Waals surface area contributed by atoms with Crippen LogP contribution in [-0.4, -0.2) is 36.6 Å². The maximum atomic E-state index is 12.1. The topological polar surface area (TPSA) is 29.5 Å². The van der Waals surface area contributed by atoms with E-state index in [1.165, 1.54) is 0 Å². The van der Waals surface area contributed by atoms with E-state index in [4.69, 9.17) is 4.74 Å². The molecule has 0 saturated carbocycles. The van der Waals surface area contributed by atoms with Gasteiger partial charge in [0.05, 0.1) is 5.56 Å². The van der Waals surface area contributed by atoms with E-state index in [0.29, 0.717) is 5.56 Å². The highest BCUT2D eigenvalue weighted by Gasteiger charge is 2.23. The molecule has 0 N–H and O–H groups in total. The van der Waals surface area contributed by atoms with Gasteiger partial charge in [0, 0.05) is 11.0 Å². The maximum Gasteiger partial charge on any atom is 0.339 e. The zero-order valence-electron chi connectivity index (χ0n) is 10.6. The predicted molar refractivity (Wildman–Crippen MR) is 74.7 cm³/mol. The number of hydrogen-bond donors (Lipinski definition) is 0. The van der Waals surface area contributed by atoms with Crippen LogP contribution in [0.5, 0.6) is 0 Å². The van der Waals surface area contributed by atoms with Gasteiger partial charge in [-0.15, -0.1) is 0 Å². The van der Waals surface area contributed by atoms with E-state index in [1.807, 2.05) is 18.2 Å². The lowest BCUT2D eigenvalue weighted by Gasteiger charge is -2.31. The van der Waals surface area contributed by atoms with Crippen molar-refractivity contribution in [2.24, 2.45) is 0 Å². The van der Waals surface area contributed by atoms with Crippen LogP contribution in [0.2, 0.25) is 0 Å². The number of esters is 1. The van der Waals surface area contributed by atoms with E-state index in [2.05, 4.69) is 27.8 Å². The zero-order chi connectivity index (χ0) is 13.0. The summed E-state index contributed by atoms with van der Waals surface area (Å²) in [5.41, 5.74) is 0.603. The molecule has 18 heavy (non-hydrogen) atoms. The van der Waals surface area contributed by atoms with Crippen LogP contribution in [0.15, 0.2) is 28.7 Å². The Morgan fingerprint density at radius 3 is 3.00 bits per heavy atom. The van der Waals surface area contributed by atoms with Crippen LogP contribution in [-0.2, 0) is 4.74 Å². The Bertz CT molecular complexity index is 422. The third kappa shape index (κ3) is 3.33. The van der Waals surface area contributed by atoms with Gasteiger partial charge in [0.2, 0.25) is 0 Å². The first-order valence-corrected chi connectivity index (χ1v) is 7.18. The molecule has 1 fully saturated rings. The normalized spacial score (nSPS) is 20.7. The summed E-state index contributed by atoms with van der Waals surface area (Å²) in [7, 11) is 0. The van der Waals surface area contributed by atoms with E-state index in [9.17, 15) is 4.79 Å². The van der Waals surface area contributed by atoms with Gasteiger partial charge in [-0.3, -0.25) is 4.90 Å². The molecule has 1 aliphatic heterocycles. The number of carbonyl (C=O) groups excluding carboxylic acids is 1. The molecule has 1 aromatic rings. The van der Waals surface area contributed by atoms with Crippen molar-refractivity contribution >= 4 is 21.9 Å². The monoisotopic (exact) mass is 311 g/mol. The Morgan fingerprint density at radius 2 is 2.28 bits per heavy atom. The van der Waals surface area contributed by atoms with Crippen LogP contribution in [0.4, 0.5) is 0 Å². The van der Waals surface area contributed by atoms with Crippen LogP contribution >= 0.6 is 15.9 Å². The summed E-state index contributed by atoms with van der Waals surface area (Å²) in [5.74, 6) is -0.231. The Morgan fingerprint density at radius 1 is 1.50 bits per heavy atom. The van der Waals surface area contributed by atoms with Crippen LogP contribution < -0.4 is 0 Å². The molecule has 3 nitrogen and oxygen atoms in total. The molecule has 0 spiro atoms. The van der Waals surface area contributed by atoms with Crippen molar-refractivity contribution in [3.05, 3.63) is 34.3 Å². The Labute approximate surface area is 116 Å². The van der Waals surface area contributed by atoms with E-state index < -0.39 is 0 Å². The number of likely N-dealkylation sites (N-methyl/N-ethyl adjacent to an activating group) is 1. The van der Waals surface area contributed by atoms with Crippen molar-refractivity contribution in [3.8, 4) is 0 Å². The van der Waals surface area contributed by atoms with Gasteiger partial charge in [0.15, 0.2) is 0 Å². The molecule has 0 amide bonds. The highest BCUT2D eigenvalue weighted by atomic mass is 79.9. The summed E-state index contributed by atoms with van der Waals surface area (Å²) in [6, 6.07) is 7.38. The lowest BCUT2D eigenvalue weighted by Crippen LogP contribution is -2.40. The molecular weight excluding hydrogens is 294 g/mol. The Balaban J connectivity index is 1.97. The number of likely N-dealkylation sites (tertiary alicyclic amines) is 1. The van der Waals surface area contributed by atoms with Gasteiger partial charge in [-0.25, -0.2) is 4.79 Å². The molecule has 1 aromatic carbocycles. The van der Waals surface area contributed by atoms with Gasteiger partial charge < -0.3 is 4.74 Å². The molecule has 0 radical (unpaired) electrons. The average Bonchev–Trinajstić information content (AvgIpc) is 2.39. The number of piperidine rings is 1. The molecule has 1 saturated heterocycles. The van der Waals surface area contributed by atoms with Crippen LogP contribution in [0.1, 0.15) is 30.1 Å². The molecule has 1 atom stereocenters. The van der Waals surface area contributed by atoms with Crippen LogP contribution in [0.25, 0.3) is 0 Å². The third-order valence-corrected chi connectivity index (χ3v) is 3.97. The first kappa shape index (κ1) is 13.6. The number of halogens is 1. The molecular formula is C14H18BrNO2. The number of nitrogens with zero attached hydrogens (tertiary/aromatic N) is 1. The average molecular weight is 312 g/mol. The minimum Gasteiger partial charge on any atom is -0.457 e. The predicted octanol–water partition coefficient (Wildman–Crippen LogP) is 3.09. The summed E-state index contributed by atoms with van der Waals surface area (Å²) in [6.07, 6.45) is 2.09. The smallest absolute Gasteiger partial charge is 0.339 e. The fraction of sp³-hybridized carbons (Fsp3) is 0.500. The summed E-state index contributed by atoms with van der Waals surface area (Å²) in [5, 5.41) is 0. The Hall–Kier alpha value is -0.870.